The number of esters is 1. The van der Waals surface area contributed by atoms with Gasteiger partial charge in [0.2, 0.25) is 0 Å². The van der Waals surface area contributed by atoms with Crippen LogP contribution in [0.1, 0.15) is 22.8 Å². The van der Waals surface area contributed by atoms with Gasteiger partial charge in [0.1, 0.15) is 5.78 Å². The average Bonchev–Trinajstić information content (AvgIpc) is 2.16. The van der Waals surface area contributed by atoms with Crippen molar-refractivity contribution in [3.63, 3.8) is 0 Å². The van der Waals surface area contributed by atoms with Crippen LogP contribution in [0.25, 0.3) is 0 Å². The van der Waals surface area contributed by atoms with Crippen LogP contribution in [0.3, 0.4) is 0 Å². The molecule has 0 saturated carbocycles. The second-order valence-electron chi connectivity index (χ2n) is 3.29. The summed E-state index contributed by atoms with van der Waals surface area (Å²) in [6.07, 6.45) is 0.325. The van der Waals surface area contributed by atoms with Crippen LogP contribution in [-0.4, -0.2) is 18.9 Å². The fourth-order valence-electron chi connectivity index (χ4n) is 1.31. The molecule has 0 atom stereocenters. The first-order chi connectivity index (χ1) is 7.04. The Labute approximate surface area is 88.0 Å². The number of nitrogens with two attached hydrogens (primary N) is 1. The Kier molecular flexibility index (Phi) is 3.44. The lowest BCUT2D eigenvalue weighted by Gasteiger charge is -2.05. The third-order valence-corrected chi connectivity index (χ3v) is 1.97. The maximum absolute atomic E-state index is 11.2. The second-order valence-corrected chi connectivity index (χ2v) is 3.29. The van der Waals surface area contributed by atoms with Gasteiger partial charge in [-0.15, -0.1) is 0 Å². The molecule has 0 saturated heterocycles. The summed E-state index contributed by atoms with van der Waals surface area (Å²) >= 11 is 0. The van der Waals surface area contributed by atoms with E-state index in [1.54, 1.807) is 18.2 Å². The quantitative estimate of drug-likeness (QED) is 0.597. The summed E-state index contributed by atoms with van der Waals surface area (Å²) in [7, 11) is 1.30. The highest BCUT2D eigenvalue weighted by Crippen LogP contribution is 2.15. The van der Waals surface area contributed by atoms with Crippen LogP contribution in [0, 0.1) is 0 Å². The molecule has 0 aliphatic heterocycles. The number of benzene rings is 1. The molecule has 2 N–H and O–H groups in total. The minimum Gasteiger partial charge on any atom is -0.465 e. The number of ether oxygens (including phenoxy) is 1. The molecule has 15 heavy (non-hydrogen) atoms. The summed E-state index contributed by atoms with van der Waals surface area (Å²) in [5, 5.41) is 0. The van der Waals surface area contributed by atoms with Crippen molar-refractivity contribution >= 4 is 17.4 Å². The van der Waals surface area contributed by atoms with Crippen molar-refractivity contribution in [3.05, 3.63) is 29.3 Å². The Bertz CT molecular complexity index is 399. The van der Waals surface area contributed by atoms with Gasteiger partial charge in [0, 0.05) is 12.1 Å². The first kappa shape index (κ1) is 11.2. The molecule has 4 nitrogen and oxygen atoms in total. The molecule has 0 aliphatic rings. The maximum atomic E-state index is 11.2. The lowest BCUT2D eigenvalue weighted by molar-refractivity contribution is -0.116. The highest BCUT2D eigenvalue weighted by molar-refractivity contribution is 5.95. The zero-order valence-corrected chi connectivity index (χ0v) is 8.74. The van der Waals surface area contributed by atoms with Crippen molar-refractivity contribution in [2.45, 2.75) is 13.3 Å². The normalized spacial score (nSPS) is 9.73. The van der Waals surface area contributed by atoms with Gasteiger partial charge in [0.05, 0.1) is 12.7 Å². The van der Waals surface area contributed by atoms with Crippen molar-refractivity contribution in [1.29, 1.82) is 0 Å². The molecule has 0 amide bonds. The second kappa shape index (κ2) is 4.59. The summed E-state index contributed by atoms with van der Waals surface area (Å²) in [6.45, 7) is 1.50. The summed E-state index contributed by atoms with van der Waals surface area (Å²) in [6, 6.07) is 4.89. The Morgan fingerprint density at radius 1 is 1.40 bits per heavy atom. The number of carbonyl (C=O) groups is 2. The first-order valence-corrected chi connectivity index (χ1v) is 4.50. The van der Waals surface area contributed by atoms with E-state index in [2.05, 4.69) is 4.74 Å². The van der Waals surface area contributed by atoms with E-state index in [0.717, 1.165) is 5.56 Å². The van der Waals surface area contributed by atoms with E-state index in [-0.39, 0.29) is 5.78 Å². The zero-order chi connectivity index (χ0) is 11.4. The Balaban J connectivity index is 2.97. The summed E-state index contributed by atoms with van der Waals surface area (Å²) in [5.41, 5.74) is 7.12. The predicted molar refractivity (Wildman–Crippen MR) is 56.6 cm³/mol. The molecule has 0 fully saturated rings. The number of nitrogen functional groups attached to an aromatic ring is 1. The number of methoxy groups -OCH3 is 1. The van der Waals surface area contributed by atoms with E-state index in [1.165, 1.54) is 14.0 Å². The summed E-state index contributed by atoms with van der Waals surface area (Å²) in [5.74, 6) is -0.415. The standard InChI is InChI=1S/C11H13NO3/c1-7(13)5-8-3-4-9(10(12)6-8)11(14)15-2/h3-4,6H,5,12H2,1-2H3. The highest BCUT2D eigenvalue weighted by Gasteiger charge is 2.10. The molecular weight excluding hydrogens is 194 g/mol. The van der Waals surface area contributed by atoms with Crippen molar-refractivity contribution in [1.82, 2.24) is 0 Å². The lowest BCUT2D eigenvalue weighted by Crippen LogP contribution is -2.06. The Hall–Kier alpha value is -1.84. The smallest absolute Gasteiger partial charge is 0.339 e. The van der Waals surface area contributed by atoms with E-state index in [1.807, 2.05) is 0 Å². The van der Waals surface area contributed by atoms with Gasteiger partial charge in [-0.3, -0.25) is 4.79 Å². The van der Waals surface area contributed by atoms with Crippen LogP contribution in [0.4, 0.5) is 5.69 Å². The molecular formula is C11H13NO3. The monoisotopic (exact) mass is 207 g/mol. The maximum Gasteiger partial charge on any atom is 0.339 e. The van der Waals surface area contributed by atoms with E-state index in [4.69, 9.17) is 5.73 Å². The Morgan fingerprint density at radius 3 is 2.53 bits per heavy atom. The van der Waals surface area contributed by atoms with Gasteiger partial charge in [-0.05, 0) is 24.6 Å². The van der Waals surface area contributed by atoms with E-state index < -0.39 is 5.97 Å². The van der Waals surface area contributed by atoms with E-state index in [0.29, 0.717) is 17.7 Å². The largest absolute Gasteiger partial charge is 0.465 e. The topological polar surface area (TPSA) is 69.4 Å². The summed E-state index contributed by atoms with van der Waals surface area (Å²) in [4.78, 5) is 22.1. The molecule has 0 spiro atoms. The van der Waals surface area contributed by atoms with Crippen LogP contribution in [0.15, 0.2) is 18.2 Å². The van der Waals surface area contributed by atoms with E-state index in [9.17, 15) is 9.59 Å². The molecule has 0 aromatic heterocycles. The van der Waals surface area contributed by atoms with Gasteiger partial charge in [-0.2, -0.15) is 0 Å². The van der Waals surface area contributed by atoms with E-state index >= 15 is 0 Å². The first-order valence-electron chi connectivity index (χ1n) is 4.50. The van der Waals surface area contributed by atoms with Gasteiger partial charge >= 0.3 is 5.97 Å². The molecule has 1 rings (SSSR count). The van der Waals surface area contributed by atoms with Crippen LogP contribution >= 0.6 is 0 Å². The summed E-state index contributed by atoms with van der Waals surface area (Å²) < 4.78 is 4.55. The number of carbonyl (C=O) groups excluding carboxylic acids is 2. The third-order valence-electron chi connectivity index (χ3n) is 1.97. The third kappa shape index (κ3) is 2.80. The van der Waals surface area contributed by atoms with Crippen LogP contribution in [-0.2, 0) is 16.0 Å². The molecule has 4 heteroatoms. The molecule has 80 valence electrons. The number of rotatable bonds is 3. The minimum absolute atomic E-state index is 0.0558. The zero-order valence-electron chi connectivity index (χ0n) is 8.74. The predicted octanol–water partition coefficient (Wildman–Crippen LogP) is 1.19. The number of ketones is 1. The van der Waals surface area contributed by atoms with Crippen molar-refractivity contribution in [2.24, 2.45) is 0 Å². The molecule has 0 heterocycles. The van der Waals surface area contributed by atoms with Crippen molar-refractivity contribution < 1.29 is 14.3 Å². The van der Waals surface area contributed by atoms with Crippen LogP contribution in [0.2, 0.25) is 0 Å². The number of hydrogen-bond donors (Lipinski definition) is 1. The lowest BCUT2D eigenvalue weighted by atomic mass is 10.1. The molecule has 0 unspecified atom stereocenters. The fraction of sp³-hybridized carbons (Fsp3) is 0.273. The van der Waals surface area contributed by atoms with Gasteiger partial charge in [0.15, 0.2) is 0 Å². The van der Waals surface area contributed by atoms with Crippen molar-refractivity contribution in [3.8, 4) is 0 Å². The average molecular weight is 207 g/mol. The van der Waals surface area contributed by atoms with Crippen LogP contribution in [0.5, 0.6) is 0 Å². The number of anilines is 1. The molecule has 0 bridgehead atoms. The minimum atomic E-state index is -0.470. The number of Topliss-reactive ketones (excluding diaryl/α,β-unsaturated/α-hetero) is 1. The SMILES string of the molecule is COC(=O)c1ccc(CC(C)=O)cc1N. The Morgan fingerprint density at radius 2 is 2.07 bits per heavy atom. The van der Waals surface area contributed by atoms with Gasteiger partial charge < -0.3 is 10.5 Å². The van der Waals surface area contributed by atoms with Gasteiger partial charge in [-0.25, -0.2) is 4.79 Å². The molecule has 1 aromatic rings. The van der Waals surface area contributed by atoms with Crippen LogP contribution < -0.4 is 5.73 Å². The number of hydrogen-bond acceptors (Lipinski definition) is 4. The molecule has 0 aliphatic carbocycles. The highest BCUT2D eigenvalue weighted by atomic mass is 16.5. The molecule has 0 radical (unpaired) electrons. The van der Waals surface area contributed by atoms with Gasteiger partial charge in [0.25, 0.3) is 0 Å². The molecule has 1 aromatic carbocycles. The van der Waals surface area contributed by atoms with Crippen molar-refractivity contribution in [2.75, 3.05) is 12.8 Å². The van der Waals surface area contributed by atoms with Gasteiger partial charge in [-0.1, -0.05) is 6.07 Å². The fourth-order valence-corrected chi connectivity index (χ4v) is 1.31.